The molecule has 0 aliphatic rings. The largest absolute Gasteiger partial charge is 0.481 e. The Labute approximate surface area is 140 Å². The zero-order valence-electron chi connectivity index (χ0n) is 15.2. The number of Topliss-reactive ketones (excluding diaryl/α,β-unsaturated/α-hetero) is 1. The Bertz CT molecular complexity index is 326. The van der Waals surface area contributed by atoms with E-state index in [1.54, 1.807) is 6.92 Å². The summed E-state index contributed by atoms with van der Waals surface area (Å²) in [6.45, 7) is 8.19. The number of carbonyl (C=O) groups excluding carboxylic acids is 1. The fraction of sp³-hybridized carbons (Fsp3) is 0.833. The maximum Gasteiger partial charge on any atom is 0.303 e. The number of ketones is 1. The second kappa shape index (κ2) is 14.2. The third kappa shape index (κ3) is 29.3. The van der Waals surface area contributed by atoms with Gasteiger partial charge in [0.05, 0.1) is 0 Å². The molecule has 0 atom stereocenters. The Morgan fingerprint density at radius 1 is 0.696 bits per heavy atom. The van der Waals surface area contributed by atoms with E-state index >= 15 is 0 Å². The summed E-state index contributed by atoms with van der Waals surface area (Å²) in [6.07, 6.45) is 7.68. The van der Waals surface area contributed by atoms with Crippen molar-refractivity contribution < 1.29 is 24.6 Å². The van der Waals surface area contributed by atoms with E-state index in [1.165, 1.54) is 6.42 Å². The van der Waals surface area contributed by atoms with Crippen LogP contribution in [0.3, 0.4) is 0 Å². The normalized spacial score (nSPS) is 10.6. The minimum atomic E-state index is -0.757. The Balaban J connectivity index is 0. The molecule has 0 aromatic carbocycles. The van der Waals surface area contributed by atoms with E-state index in [4.69, 9.17) is 10.2 Å². The summed E-state index contributed by atoms with van der Waals surface area (Å²) in [5.74, 6) is -1.25. The van der Waals surface area contributed by atoms with E-state index in [0.29, 0.717) is 24.7 Å². The summed E-state index contributed by atoms with van der Waals surface area (Å²) in [5.41, 5.74) is 0.392. The molecule has 0 saturated carbocycles. The predicted octanol–water partition coefficient (Wildman–Crippen LogP) is 4.68. The highest BCUT2D eigenvalue weighted by Gasteiger charge is 2.08. The average Bonchev–Trinajstić information content (AvgIpc) is 2.36. The minimum absolute atomic E-state index is 0.181. The van der Waals surface area contributed by atoms with Gasteiger partial charge in [-0.1, -0.05) is 40.0 Å². The number of carbonyl (C=O) groups is 3. The van der Waals surface area contributed by atoms with Crippen molar-refractivity contribution in [2.45, 2.75) is 91.9 Å². The van der Waals surface area contributed by atoms with E-state index in [1.807, 2.05) is 0 Å². The fourth-order valence-corrected chi connectivity index (χ4v) is 1.94. The first-order chi connectivity index (χ1) is 10.5. The van der Waals surface area contributed by atoms with E-state index in [9.17, 15) is 14.4 Å². The monoisotopic (exact) mass is 330 g/mol. The van der Waals surface area contributed by atoms with Crippen molar-refractivity contribution in [3.05, 3.63) is 0 Å². The van der Waals surface area contributed by atoms with E-state index in [2.05, 4.69) is 20.8 Å². The third-order valence-corrected chi connectivity index (χ3v) is 3.24. The van der Waals surface area contributed by atoms with Gasteiger partial charge in [0.2, 0.25) is 0 Å². The van der Waals surface area contributed by atoms with Crippen LogP contribution in [0.25, 0.3) is 0 Å². The predicted molar refractivity (Wildman–Crippen MR) is 91.6 cm³/mol. The highest BCUT2D eigenvalue weighted by atomic mass is 16.4. The average molecular weight is 330 g/mol. The van der Waals surface area contributed by atoms with Crippen molar-refractivity contribution in [2.75, 3.05) is 0 Å². The number of carboxylic acid groups (broad SMARTS) is 2. The van der Waals surface area contributed by atoms with Crippen LogP contribution in [-0.2, 0) is 14.4 Å². The molecule has 5 nitrogen and oxygen atoms in total. The summed E-state index contributed by atoms with van der Waals surface area (Å²) in [4.78, 5) is 30.6. The molecule has 0 aromatic rings. The number of hydrogen-bond donors (Lipinski definition) is 2. The zero-order valence-corrected chi connectivity index (χ0v) is 15.2. The molecule has 0 heterocycles. The van der Waals surface area contributed by atoms with Gasteiger partial charge in [-0.3, -0.25) is 9.59 Å². The van der Waals surface area contributed by atoms with Gasteiger partial charge in [0, 0.05) is 19.3 Å². The Kier molecular flexibility index (Phi) is 14.8. The summed E-state index contributed by atoms with van der Waals surface area (Å²) >= 11 is 0. The molecule has 0 aromatic heterocycles. The van der Waals surface area contributed by atoms with Crippen LogP contribution >= 0.6 is 0 Å². The SMILES string of the molecule is CC(=O)CCCCCC(=O)O.CC(C)(C)CCCCCC(=O)O. The molecule has 0 saturated heterocycles. The second-order valence-electron chi connectivity index (χ2n) is 7.17. The lowest BCUT2D eigenvalue weighted by Crippen LogP contribution is -2.04. The van der Waals surface area contributed by atoms with Crippen LogP contribution in [0.2, 0.25) is 0 Å². The van der Waals surface area contributed by atoms with Crippen LogP contribution in [0.4, 0.5) is 0 Å². The molecule has 23 heavy (non-hydrogen) atoms. The van der Waals surface area contributed by atoms with E-state index in [-0.39, 0.29) is 12.2 Å². The first kappa shape index (κ1) is 23.9. The molecule has 0 aliphatic heterocycles. The fourth-order valence-electron chi connectivity index (χ4n) is 1.94. The molecule has 0 amide bonds. The van der Waals surface area contributed by atoms with Crippen LogP contribution in [-0.4, -0.2) is 27.9 Å². The molecule has 0 fully saturated rings. The van der Waals surface area contributed by atoms with Crippen LogP contribution < -0.4 is 0 Å². The van der Waals surface area contributed by atoms with Crippen LogP contribution in [0, 0.1) is 5.41 Å². The highest BCUT2D eigenvalue weighted by molar-refractivity contribution is 5.75. The number of hydrogen-bond acceptors (Lipinski definition) is 3. The van der Waals surface area contributed by atoms with Gasteiger partial charge in [0.25, 0.3) is 0 Å². The first-order valence-corrected chi connectivity index (χ1v) is 8.47. The smallest absolute Gasteiger partial charge is 0.303 e. The van der Waals surface area contributed by atoms with Crippen LogP contribution in [0.5, 0.6) is 0 Å². The molecule has 0 rings (SSSR count). The number of aliphatic carboxylic acids is 2. The van der Waals surface area contributed by atoms with Crippen molar-refractivity contribution >= 4 is 17.7 Å². The van der Waals surface area contributed by atoms with Crippen molar-refractivity contribution in [1.82, 2.24) is 0 Å². The van der Waals surface area contributed by atoms with Gasteiger partial charge in [0.15, 0.2) is 0 Å². The topological polar surface area (TPSA) is 91.7 Å². The molecule has 136 valence electrons. The molecule has 5 heteroatoms. The number of unbranched alkanes of at least 4 members (excludes halogenated alkanes) is 4. The quantitative estimate of drug-likeness (QED) is 0.537. The lowest BCUT2D eigenvalue weighted by Gasteiger charge is -2.17. The van der Waals surface area contributed by atoms with Gasteiger partial charge in [-0.05, 0) is 38.0 Å². The maximum atomic E-state index is 10.4. The molecule has 0 bridgehead atoms. The lowest BCUT2D eigenvalue weighted by atomic mass is 9.89. The Morgan fingerprint density at radius 2 is 1.09 bits per heavy atom. The van der Waals surface area contributed by atoms with Crippen LogP contribution in [0.1, 0.15) is 91.9 Å². The molecule has 2 N–H and O–H groups in total. The molecule has 0 radical (unpaired) electrons. The van der Waals surface area contributed by atoms with Crippen molar-refractivity contribution in [1.29, 1.82) is 0 Å². The van der Waals surface area contributed by atoms with Crippen molar-refractivity contribution in [3.8, 4) is 0 Å². The van der Waals surface area contributed by atoms with E-state index in [0.717, 1.165) is 32.1 Å². The number of carboxylic acids is 2. The van der Waals surface area contributed by atoms with Gasteiger partial charge in [0.1, 0.15) is 5.78 Å². The van der Waals surface area contributed by atoms with E-state index < -0.39 is 11.9 Å². The first-order valence-electron chi connectivity index (χ1n) is 8.47. The minimum Gasteiger partial charge on any atom is -0.481 e. The second-order valence-corrected chi connectivity index (χ2v) is 7.17. The Hall–Kier alpha value is -1.39. The van der Waals surface area contributed by atoms with Crippen molar-refractivity contribution in [2.24, 2.45) is 5.41 Å². The highest BCUT2D eigenvalue weighted by Crippen LogP contribution is 2.22. The maximum absolute atomic E-state index is 10.4. The summed E-state index contributed by atoms with van der Waals surface area (Å²) in [6, 6.07) is 0. The molecule has 0 spiro atoms. The number of rotatable bonds is 11. The molecular formula is C18H34O5. The summed E-state index contributed by atoms with van der Waals surface area (Å²) < 4.78 is 0. The van der Waals surface area contributed by atoms with Gasteiger partial charge in [-0.15, -0.1) is 0 Å². The van der Waals surface area contributed by atoms with Gasteiger partial charge in [-0.2, -0.15) is 0 Å². The van der Waals surface area contributed by atoms with Crippen LogP contribution in [0.15, 0.2) is 0 Å². The third-order valence-electron chi connectivity index (χ3n) is 3.24. The Morgan fingerprint density at radius 3 is 1.43 bits per heavy atom. The van der Waals surface area contributed by atoms with Gasteiger partial charge in [-0.25, -0.2) is 0 Å². The van der Waals surface area contributed by atoms with Gasteiger partial charge < -0.3 is 15.0 Å². The zero-order chi connectivity index (χ0) is 18.3. The molecule has 0 aliphatic carbocycles. The molecule has 0 unspecified atom stereocenters. The lowest BCUT2D eigenvalue weighted by molar-refractivity contribution is -0.138. The van der Waals surface area contributed by atoms with Gasteiger partial charge >= 0.3 is 11.9 Å². The summed E-state index contributed by atoms with van der Waals surface area (Å²) in [5, 5.41) is 16.6. The molecular weight excluding hydrogens is 296 g/mol. The van der Waals surface area contributed by atoms with Crippen molar-refractivity contribution in [3.63, 3.8) is 0 Å². The summed E-state index contributed by atoms with van der Waals surface area (Å²) in [7, 11) is 0. The standard InChI is InChI=1S/C10H20O2.C8H14O3/c1-10(2,3)8-6-4-5-7-9(11)12;1-7(9)5-3-2-4-6-8(10)11/h4-8H2,1-3H3,(H,11,12);2-6H2,1H3,(H,10,11).